The molecule has 4 aromatic rings. The minimum Gasteiger partial charge on any atom is -0.494 e. The number of nitrogens with zero attached hydrogens (tertiary/aromatic N) is 3. The monoisotopic (exact) mass is 411 g/mol. The average Bonchev–Trinajstić information content (AvgIpc) is 3.36. The van der Waals surface area contributed by atoms with Crippen molar-refractivity contribution < 1.29 is 13.9 Å². The molecule has 3 aromatic heterocycles. The number of amides is 1. The lowest BCUT2D eigenvalue weighted by Crippen LogP contribution is -2.15. The number of anilines is 1. The molecule has 4 rings (SSSR count). The van der Waals surface area contributed by atoms with E-state index in [4.69, 9.17) is 9.15 Å². The number of aromatic amines is 1. The molecule has 10 heteroatoms. The number of carbonyl (C=O) groups excluding carboxylic acids is 1. The zero-order valence-corrected chi connectivity index (χ0v) is 16.2. The van der Waals surface area contributed by atoms with E-state index in [9.17, 15) is 9.59 Å². The molecule has 0 saturated carbocycles. The fourth-order valence-corrected chi connectivity index (χ4v) is 3.38. The van der Waals surface area contributed by atoms with E-state index in [1.807, 2.05) is 6.92 Å². The van der Waals surface area contributed by atoms with Crippen LogP contribution in [-0.4, -0.2) is 37.8 Å². The van der Waals surface area contributed by atoms with E-state index in [0.717, 1.165) is 5.75 Å². The first-order valence-corrected chi connectivity index (χ1v) is 9.80. The van der Waals surface area contributed by atoms with E-state index in [-0.39, 0.29) is 17.2 Å². The molecule has 0 spiro atoms. The summed E-state index contributed by atoms with van der Waals surface area (Å²) in [5.41, 5.74) is 0.750. The third kappa shape index (κ3) is 4.32. The number of hydrogen-bond donors (Lipinski definition) is 2. The second-order valence-electron chi connectivity index (χ2n) is 5.92. The standard InChI is InChI=1S/C19H17N5O4S/c1-2-27-13-7-5-12(6-8-13)20-17(26)11-29-19-22-18(14-4-3-9-28-14)21-15-10-16(25)23-24(15)19/h3-10H,2,11H2,1H3,(H,20,26)(H,23,25). The fourth-order valence-electron chi connectivity index (χ4n) is 2.62. The Morgan fingerprint density at radius 2 is 2.10 bits per heavy atom. The van der Waals surface area contributed by atoms with Gasteiger partial charge in [0.15, 0.2) is 22.4 Å². The summed E-state index contributed by atoms with van der Waals surface area (Å²) in [5.74, 6) is 1.44. The number of aromatic nitrogens is 4. The smallest absolute Gasteiger partial charge is 0.266 e. The van der Waals surface area contributed by atoms with Crippen molar-refractivity contribution in [3.8, 4) is 17.3 Å². The van der Waals surface area contributed by atoms with E-state index in [0.29, 0.717) is 34.7 Å². The maximum absolute atomic E-state index is 12.3. The van der Waals surface area contributed by atoms with Crippen molar-refractivity contribution in [2.75, 3.05) is 17.7 Å². The van der Waals surface area contributed by atoms with Crippen molar-refractivity contribution in [3.63, 3.8) is 0 Å². The van der Waals surface area contributed by atoms with Gasteiger partial charge in [-0.25, -0.2) is 9.50 Å². The highest BCUT2D eigenvalue weighted by Gasteiger charge is 2.14. The zero-order valence-electron chi connectivity index (χ0n) is 15.4. The zero-order chi connectivity index (χ0) is 20.2. The number of hydrogen-bond acceptors (Lipinski definition) is 7. The number of thioether (sulfide) groups is 1. The van der Waals surface area contributed by atoms with Crippen molar-refractivity contribution in [2.24, 2.45) is 0 Å². The van der Waals surface area contributed by atoms with Gasteiger partial charge in [-0.1, -0.05) is 11.8 Å². The summed E-state index contributed by atoms with van der Waals surface area (Å²) in [6.07, 6.45) is 1.52. The van der Waals surface area contributed by atoms with Gasteiger partial charge in [-0.2, -0.15) is 4.98 Å². The Morgan fingerprint density at radius 3 is 2.83 bits per heavy atom. The van der Waals surface area contributed by atoms with E-state index >= 15 is 0 Å². The molecule has 2 N–H and O–H groups in total. The predicted octanol–water partition coefficient (Wildman–Crippen LogP) is 2.81. The number of rotatable bonds is 7. The van der Waals surface area contributed by atoms with Crippen molar-refractivity contribution in [2.45, 2.75) is 12.1 Å². The van der Waals surface area contributed by atoms with Gasteiger partial charge in [0, 0.05) is 11.8 Å². The number of fused-ring (bicyclic) bond motifs is 1. The molecule has 0 radical (unpaired) electrons. The van der Waals surface area contributed by atoms with Crippen LogP contribution >= 0.6 is 11.8 Å². The molecule has 0 atom stereocenters. The summed E-state index contributed by atoms with van der Waals surface area (Å²) in [5, 5.41) is 5.87. The third-order valence-corrected chi connectivity index (χ3v) is 4.79. The van der Waals surface area contributed by atoms with Gasteiger partial charge in [0.2, 0.25) is 5.91 Å². The summed E-state index contributed by atoms with van der Waals surface area (Å²) in [6, 6.07) is 11.9. The fraction of sp³-hybridized carbons (Fsp3) is 0.158. The topological polar surface area (TPSA) is 115 Å². The van der Waals surface area contributed by atoms with Crippen molar-refractivity contribution in [1.29, 1.82) is 0 Å². The van der Waals surface area contributed by atoms with Crippen LogP contribution in [0.1, 0.15) is 6.92 Å². The normalized spacial score (nSPS) is 10.9. The molecular weight excluding hydrogens is 394 g/mol. The summed E-state index contributed by atoms with van der Waals surface area (Å²) in [6.45, 7) is 2.49. The lowest BCUT2D eigenvalue weighted by Gasteiger charge is -2.08. The molecule has 0 unspecified atom stereocenters. The predicted molar refractivity (Wildman–Crippen MR) is 108 cm³/mol. The summed E-state index contributed by atoms with van der Waals surface area (Å²) in [7, 11) is 0. The molecule has 0 aliphatic rings. The molecule has 1 aromatic carbocycles. The number of H-pyrrole nitrogens is 1. The Balaban J connectivity index is 1.50. The quantitative estimate of drug-likeness (QED) is 0.449. The summed E-state index contributed by atoms with van der Waals surface area (Å²) in [4.78, 5) is 32.8. The van der Waals surface area contributed by atoms with Crippen LogP contribution in [0.25, 0.3) is 17.2 Å². The number of ether oxygens (including phenoxy) is 1. The first kappa shape index (κ1) is 18.8. The molecule has 0 saturated heterocycles. The minimum atomic E-state index is -0.309. The first-order valence-electron chi connectivity index (χ1n) is 8.81. The highest BCUT2D eigenvalue weighted by atomic mass is 32.2. The highest BCUT2D eigenvalue weighted by molar-refractivity contribution is 7.99. The van der Waals surface area contributed by atoms with Crippen molar-refractivity contribution in [1.82, 2.24) is 19.6 Å². The Kier molecular flexibility index (Phi) is 5.34. The molecule has 9 nitrogen and oxygen atoms in total. The Bertz CT molecular complexity index is 1180. The van der Waals surface area contributed by atoms with Crippen LogP contribution < -0.4 is 15.6 Å². The second-order valence-corrected chi connectivity index (χ2v) is 6.86. The Labute approximate surface area is 169 Å². The van der Waals surface area contributed by atoms with Crippen LogP contribution in [0.2, 0.25) is 0 Å². The van der Waals surface area contributed by atoms with Crippen LogP contribution in [0.15, 0.2) is 63.1 Å². The van der Waals surface area contributed by atoms with Crippen LogP contribution in [0, 0.1) is 0 Å². The van der Waals surface area contributed by atoms with E-state index in [1.54, 1.807) is 36.4 Å². The average molecular weight is 411 g/mol. The van der Waals surface area contributed by atoms with Gasteiger partial charge in [-0.3, -0.25) is 14.7 Å². The molecule has 29 heavy (non-hydrogen) atoms. The third-order valence-electron chi connectivity index (χ3n) is 3.85. The molecule has 0 aliphatic heterocycles. The van der Waals surface area contributed by atoms with E-state index in [1.165, 1.54) is 28.6 Å². The van der Waals surface area contributed by atoms with Gasteiger partial charge in [0.1, 0.15) is 5.75 Å². The summed E-state index contributed by atoms with van der Waals surface area (Å²) >= 11 is 1.18. The number of nitrogens with one attached hydrogen (secondary N) is 2. The Morgan fingerprint density at radius 1 is 1.28 bits per heavy atom. The van der Waals surface area contributed by atoms with Crippen molar-refractivity contribution in [3.05, 3.63) is 59.1 Å². The van der Waals surface area contributed by atoms with E-state index < -0.39 is 0 Å². The number of carbonyl (C=O) groups is 1. The van der Waals surface area contributed by atoms with Gasteiger partial charge in [-0.15, -0.1) is 0 Å². The Hall–Kier alpha value is -3.53. The molecule has 0 bridgehead atoms. The van der Waals surface area contributed by atoms with Gasteiger partial charge in [0.25, 0.3) is 5.56 Å². The SMILES string of the molecule is CCOc1ccc(NC(=O)CSc2nc(-c3ccco3)nc3cc(=O)[nH]n23)cc1. The lowest BCUT2D eigenvalue weighted by molar-refractivity contribution is -0.113. The van der Waals surface area contributed by atoms with Crippen molar-refractivity contribution >= 4 is 29.0 Å². The van der Waals surface area contributed by atoms with Crippen LogP contribution in [-0.2, 0) is 4.79 Å². The molecule has 1 amide bonds. The van der Waals surface area contributed by atoms with Gasteiger partial charge in [-0.05, 0) is 43.3 Å². The second kappa shape index (κ2) is 8.23. The molecule has 0 fully saturated rings. The van der Waals surface area contributed by atoms with E-state index in [2.05, 4.69) is 20.4 Å². The summed E-state index contributed by atoms with van der Waals surface area (Å²) < 4.78 is 12.2. The maximum atomic E-state index is 12.3. The van der Waals surface area contributed by atoms with Gasteiger partial charge in [0.05, 0.1) is 18.6 Å². The van der Waals surface area contributed by atoms with Gasteiger partial charge < -0.3 is 14.5 Å². The van der Waals surface area contributed by atoms with Crippen LogP contribution in [0.5, 0.6) is 5.75 Å². The lowest BCUT2D eigenvalue weighted by atomic mass is 10.3. The van der Waals surface area contributed by atoms with Crippen LogP contribution in [0.4, 0.5) is 5.69 Å². The molecule has 0 aliphatic carbocycles. The number of furan rings is 1. The molecule has 148 valence electrons. The minimum absolute atomic E-state index is 0.0944. The molecular formula is C19H17N5O4S. The van der Waals surface area contributed by atoms with Gasteiger partial charge >= 0.3 is 0 Å². The molecule has 3 heterocycles. The highest BCUT2D eigenvalue weighted by Crippen LogP contribution is 2.22. The first-order chi connectivity index (χ1) is 14.1. The largest absolute Gasteiger partial charge is 0.494 e. The maximum Gasteiger partial charge on any atom is 0.266 e. The number of benzene rings is 1. The van der Waals surface area contributed by atoms with Crippen LogP contribution in [0.3, 0.4) is 0 Å².